The number of amides is 1. The Labute approximate surface area is 102 Å². The van der Waals surface area contributed by atoms with E-state index in [2.05, 4.69) is 17.1 Å². The third kappa shape index (κ3) is 2.68. The fourth-order valence-electron chi connectivity index (χ4n) is 2.72. The molecule has 0 unspecified atom stereocenters. The first-order valence-electron chi connectivity index (χ1n) is 6.35. The number of carbonyl (C=O) groups excluding carboxylic acids is 1. The molecule has 0 bridgehead atoms. The number of nitrogens with zero attached hydrogens (tertiary/aromatic N) is 2. The van der Waals surface area contributed by atoms with E-state index >= 15 is 0 Å². The minimum atomic E-state index is -0.142. The first-order chi connectivity index (χ1) is 8.12. The number of carbonyl (C=O) groups is 1. The highest BCUT2D eigenvalue weighted by Crippen LogP contribution is 2.37. The highest BCUT2D eigenvalue weighted by Gasteiger charge is 2.36. The fourth-order valence-corrected chi connectivity index (χ4v) is 2.72. The Kier molecular flexibility index (Phi) is 3.50. The Morgan fingerprint density at radius 3 is 2.76 bits per heavy atom. The number of aromatic nitrogens is 2. The van der Waals surface area contributed by atoms with Gasteiger partial charge in [0.2, 0.25) is 5.91 Å². The van der Waals surface area contributed by atoms with Crippen molar-refractivity contribution in [2.75, 3.05) is 7.05 Å². The molecule has 4 heteroatoms. The van der Waals surface area contributed by atoms with Crippen LogP contribution in [0, 0.1) is 5.41 Å². The van der Waals surface area contributed by atoms with Crippen LogP contribution in [0.1, 0.15) is 44.6 Å². The van der Waals surface area contributed by atoms with E-state index in [4.69, 9.17) is 0 Å². The SMILES string of the molecule is CN(Cc1cn[nH]c1)C(=O)C1(C)CCCCC1. The molecule has 1 saturated carbocycles. The van der Waals surface area contributed by atoms with Crippen molar-refractivity contribution in [3.8, 4) is 0 Å². The van der Waals surface area contributed by atoms with Gasteiger partial charge in [0.1, 0.15) is 0 Å². The normalized spacial score (nSPS) is 18.9. The van der Waals surface area contributed by atoms with Crippen molar-refractivity contribution < 1.29 is 4.79 Å². The molecule has 1 aromatic rings. The molecule has 2 rings (SSSR count). The Hall–Kier alpha value is -1.32. The summed E-state index contributed by atoms with van der Waals surface area (Å²) in [4.78, 5) is 14.3. The lowest BCUT2D eigenvalue weighted by atomic mass is 9.74. The number of H-pyrrole nitrogens is 1. The molecule has 94 valence electrons. The average Bonchev–Trinajstić information content (AvgIpc) is 2.81. The van der Waals surface area contributed by atoms with Gasteiger partial charge in [0, 0.05) is 30.8 Å². The number of nitrogens with one attached hydrogen (secondary N) is 1. The molecular formula is C13H21N3O. The lowest BCUT2D eigenvalue weighted by molar-refractivity contribution is -0.142. The van der Waals surface area contributed by atoms with Crippen molar-refractivity contribution in [1.29, 1.82) is 0 Å². The smallest absolute Gasteiger partial charge is 0.228 e. The van der Waals surface area contributed by atoms with E-state index in [1.165, 1.54) is 19.3 Å². The quantitative estimate of drug-likeness (QED) is 0.874. The van der Waals surface area contributed by atoms with Gasteiger partial charge in [0.05, 0.1) is 6.20 Å². The fraction of sp³-hybridized carbons (Fsp3) is 0.692. The summed E-state index contributed by atoms with van der Waals surface area (Å²) in [5.74, 6) is 0.276. The minimum Gasteiger partial charge on any atom is -0.341 e. The van der Waals surface area contributed by atoms with Gasteiger partial charge in [-0.2, -0.15) is 5.10 Å². The molecule has 0 spiro atoms. The van der Waals surface area contributed by atoms with E-state index in [0.29, 0.717) is 6.54 Å². The largest absolute Gasteiger partial charge is 0.341 e. The topological polar surface area (TPSA) is 49.0 Å². The van der Waals surface area contributed by atoms with Crippen LogP contribution in [-0.4, -0.2) is 28.1 Å². The van der Waals surface area contributed by atoms with Crippen LogP contribution in [0.2, 0.25) is 0 Å². The van der Waals surface area contributed by atoms with Gasteiger partial charge in [-0.1, -0.05) is 26.2 Å². The van der Waals surface area contributed by atoms with E-state index in [9.17, 15) is 4.79 Å². The third-order valence-electron chi connectivity index (χ3n) is 3.79. The summed E-state index contributed by atoms with van der Waals surface area (Å²) in [6, 6.07) is 0. The molecule has 1 aromatic heterocycles. The molecule has 0 radical (unpaired) electrons. The maximum absolute atomic E-state index is 12.4. The zero-order valence-electron chi connectivity index (χ0n) is 10.7. The van der Waals surface area contributed by atoms with Gasteiger partial charge in [0.15, 0.2) is 0 Å². The first kappa shape index (κ1) is 12.1. The van der Waals surface area contributed by atoms with Crippen molar-refractivity contribution in [2.45, 2.75) is 45.6 Å². The maximum atomic E-state index is 12.4. The summed E-state index contributed by atoms with van der Waals surface area (Å²) >= 11 is 0. The Morgan fingerprint density at radius 1 is 1.47 bits per heavy atom. The standard InChI is InChI=1S/C13H21N3O/c1-13(6-4-3-5-7-13)12(17)16(2)10-11-8-14-15-9-11/h8-9H,3-7,10H2,1-2H3,(H,14,15). The molecule has 1 aliphatic rings. The molecular weight excluding hydrogens is 214 g/mol. The van der Waals surface area contributed by atoms with Gasteiger partial charge >= 0.3 is 0 Å². The van der Waals surface area contributed by atoms with Crippen molar-refractivity contribution in [2.24, 2.45) is 5.41 Å². The van der Waals surface area contributed by atoms with Crippen LogP contribution in [0.25, 0.3) is 0 Å². The predicted molar refractivity (Wildman–Crippen MR) is 66.3 cm³/mol. The summed E-state index contributed by atoms with van der Waals surface area (Å²) in [6.07, 6.45) is 9.31. The van der Waals surface area contributed by atoms with Crippen molar-refractivity contribution in [3.63, 3.8) is 0 Å². The van der Waals surface area contributed by atoms with Crippen LogP contribution in [0.3, 0.4) is 0 Å². The van der Waals surface area contributed by atoms with Gasteiger partial charge < -0.3 is 4.90 Å². The van der Waals surface area contributed by atoms with Crippen molar-refractivity contribution in [3.05, 3.63) is 18.0 Å². The molecule has 4 nitrogen and oxygen atoms in total. The van der Waals surface area contributed by atoms with E-state index in [-0.39, 0.29) is 11.3 Å². The predicted octanol–water partition coefficient (Wildman–Crippen LogP) is 2.34. The summed E-state index contributed by atoms with van der Waals surface area (Å²) in [7, 11) is 1.88. The van der Waals surface area contributed by atoms with E-state index in [0.717, 1.165) is 18.4 Å². The molecule has 0 saturated heterocycles. The van der Waals surface area contributed by atoms with E-state index < -0.39 is 0 Å². The van der Waals surface area contributed by atoms with Crippen LogP contribution in [-0.2, 0) is 11.3 Å². The average molecular weight is 235 g/mol. The Morgan fingerprint density at radius 2 is 2.18 bits per heavy atom. The highest BCUT2D eigenvalue weighted by atomic mass is 16.2. The van der Waals surface area contributed by atoms with Gasteiger partial charge in [-0.05, 0) is 12.8 Å². The van der Waals surface area contributed by atoms with Crippen LogP contribution >= 0.6 is 0 Å². The molecule has 1 aliphatic carbocycles. The molecule has 1 heterocycles. The lowest BCUT2D eigenvalue weighted by Gasteiger charge is -2.35. The molecule has 17 heavy (non-hydrogen) atoms. The lowest BCUT2D eigenvalue weighted by Crippen LogP contribution is -2.41. The second-order valence-electron chi connectivity index (χ2n) is 5.39. The zero-order chi connectivity index (χ0) is 12.3. The van der Waals surface area contributed by atoms with Gasteiger partial charge in [-0.3, -0.25) is 9.89 Å². The Bertz CT molecular complexity index is 366. The van der Waals surface area contributed by atoms with Crippen LogP contribution in [0.15, 0.2) is 12.4 Å². The zero-order valence-corrected chi connectivity index (χ0v) is 10.7. The number of hydrogen-bond donors (Lipinski definition) is 1. The van der Waals surface area contributed by atoms with Crippen LogP contribution < -0.4 is 0 Å². The van der Waals surface area contributed by atoms with E-state index in [1.54, 1.807) is 6.20 Å². The third-order valence-corrected chi connectivity index (χ3v) is 3.79. The number of rotatable bonds is 3. The summed E-state index contributed by atoms with van der Waals surface area (Å²) in [6.45, 7) is 2.76. The maximum Gasteiger partial charge on any atom is 0.228 e. The number of aromatic amines is 1. The summed E-state index contributed by atoms with van der Waals surface area (Å²) < 4.78 is 0. The summed E-state index contributed by atoms with van der Waals surface area (Å²) in [5, 5.41) is 6.68. The summed E-state index contributed by atoms with van der Waals surface area (Å²) in [5.41, 5.74) is 0.914. The molecule has 1 N–H and O–H groups in total. The second kappa shape index (κ2) is 4.90. The van der Waals surface area contributed by atoms with Crippen molar-refractivity contribution >= 4 is 5.91 Å². The van der Waals surface area contributed by atoms with Gasteiger partial charge in [-0.25, -0.2) is 0 Å². The highest BCUT2D eigenvalue weighted by molar-refractivity contribution is 5.82. The van der Waals surface area contributed by atoms with Gasteiger partial charge in [0.25, 0.3) is 0 Å². The molecule has 1 fully saturated rings. The second-order valence-corrected chi connectivity index (χ2v) is 5.39. The van der Waals surface area contributed by atoms with Gasteiger partial charge in [-0.15, -0.1) is 0 Å². The molecule has 0 atom stereocenters. The Balaban J connectivity index is 1.98. The first-order valence-corrected chi connectivity index (χ1v) is 6.35. The van der Waals surface area contributed by atoms with Crippen LogP contribution in [0.4, 0.5) is 0 Å². The molecule has 0 aromatic carbocycles. The minimum absolute atomic E-state index is 0.142. The van der Waals surface area contributed by atoms with Crippen LogP contribution in [0.5, 0.6) is 0 Å². The molecule has 1 amide bonds. The van der Waals surface area contributed by atoms with Crippen molar-refractivity contribution in [1.82, 2.24) is 15.1 Å². The van der Waals surface area contributed by atoms with E-state index in [1.807, 2.05) is 18.1 Å². The molecule has 0 aliphatic heterocycles. The monoisotopic (exact) mass is 235 g/mol. The number of hydrogen-bond acceptors (Lipinski definition) is 2.